The highest BCUT2D eigenvalue weighted by Gasteiger charge is 2.65. The van der Waals surface area contributed by atoms with E-state index in [0.717, 1.165) is 12.1 Å². The van der Waals surface area contributed by atoms with E-state index in [1.807, 2.05) is 0 Å². The molecule has 1 saturated heterocycles. The largest absolute Gasteiger partial charge is 0.497 e. The number of hydrogen-bond donors (Lipinski definition) is 1. The van der Waals surface area contributed by atoms with Gasteiger partial charge in [-0.2, -0.15) is 5.26 Å². The van der Waals surface area contributed by atoms with E-state index >= 15 is 0 Å². The topological polar surface area (TPSA) is 121 Å². The molecule has 8 nitrogen and oxygen atoms in total. The number of halogens is 1. The molecule has 3 aromatic carbocycles. The van der Waals surface area contributed by atoms with E-state index in [0.29, 0.717) is 34.0 Å². The normalized spacial score (nSPS) is 21.3. The van der Waals surface area contributed by atoms with Crippen molar-refractivity contribution in [2.24, 2.45) is 5.92 Å². The summed E-state index contributed by atoms with van der Waals surface area (Å²) >= 11 is 0. The first-order valence-electron chi connectivity index (χ1n) is 13.6. The van der Waals surface area contributed by atoms with Crippen LogP contribution in [-0.4, -0.2) is 40.3 Å². The standard InChI is InChI=1S/C34H29FN2O6/c1-19-17-27(20(2)43-19)31(38)28-29(22-11-15-26(42-4)16-12-22)34(3,33(40)41)37(32(39)24-9-13-25(35)14-10-24)30(28)23-7-5-21(18-36)6-8-23/h5-17,28-30H,1-4H3,(H,40,41). The summed E-state index contributed by atoms with van der Waals surface area (Å²) in [4.78, 5) is 43.7. The maximum Gasteiger partial charge on any atom is 0.330 e. The molecule has 1 aliphatic rings. The second kappa shape index (κ2) is 11.2. The number of methoxy groups -OCH3 is 1. The van der Waals surface area contributed by atoms with Crippen LogP contribution in [-0.2, 0) is 4.79 Å². The van der Waals surface area contributed by atoms with Gasteiger partial charge in [0.2, 0.25) is 0 Å². The average molecular weight is 581 g/mol. The summed E-state index contributed by atoms with van der Waals surface area (Å²) in [6, 6.07) is 20.5. The molecular weight excluding hydrogens is 551 g/mol. The number of hydrogen-bond acceptors (Lipinski definition) is 6. The van der Waals surface area contributed by atoms with E-state index in [1.54, 1.807) is 68.4 Å². The molecule has 1 aliphatic heterocycles. The summed E-state index contributed by atoms with van der Waals surface area (Å²) in [6.07, 6.45) is 0. The first-order valence-corrected chi connectivity index (χ1v) is 13.6. The Bertz CT molecular complexity index is 1740. The molecule has 4 atom stereocenters. The summed E-state index contributed by atoms with van der Waals surface area (Å²) in [7, 11) is 1.51. The van der Waals surface area contributed by atoms with Crippen LogP contribution in [0.3, 0.4) is 0 Å². The third-order valence-electron chi connectivity index (χ3n) is 8.29. The molecule has 2 heterocycles. The van der Waals surface area contributed by atoms with Crippen molar-refractivity contribution < 1.29 is 33.0 Å². The maximum absolute atomic E-state index is 14.6. The first-order chi connectivity index (χ1) is 20.5. The maximum atomic E-state index is 14.6. The number of ketones is 1. The summed E-state index contributed by atoms with van der Waals surface area (Å²) in [5.74, 6) is -3.68. The number of aryl methyl sites for hydroxylation is 2. The fourth-order valence-corrected chi connectivity index (χ4v) is 6.24. The van der Waals surface area contributed by atoms with Crippen LogP contribution in [0.5, 0.6) is 5.75 Å². The Morgan fingerprint density at radius 1 is 0.977 bits per heavy atom. The van der Waals surface area contributed by atoms with Gasteiger partial charge in [-0.15, -0.1) is 0 Å². The minimum absolute atomic E-state index is 0.0597. The highest BCUT2D eigenvalue weighted by atomic mass is 19.1. The minimum Gasteiger partial charge on any atom is -0.497 e. The lowest BCUT2D eigenvalue weighted by Crippen LogP contribution is -2.54. The Hall–Kier alpha value is -5.23. The molecule has 0 bridgehead atoms. The second-order valence-electron chi connectivity index (χ2n) is 10.8. The lowest BCUT2D eigenvalue weighted by atomic mass is 9.71. The van der Waals surface area contributed by atoms with Crippen LogP contribution in [0.2, 0.25) is 0 Å². The number of Topliss-reactive ketones (excluding diaryl/α,β-unsaturated/α-hetero) is 1. The molecule has 0 aliphatic carbocycles. The molecule has 1 fully saturated rings. The van der Waals surface area contributed by atoms with Gasteiger partial charge in [-0.1, -0.05) is 24.3 Å². The third-order valence-corrected chi connectivity index (χ3v) is 8.29. The SMILES string of the molecule is COc1ccc(C2C(C(=O)c3cc(C)oc3C)C(c3ccc(C#N)cc3)N(C(=O)c3ccc(F)cc3)C2(C)C(=O)O)cc1. The van der Waals surface area contributed by atoms with E-state index in [-0.39, 0.29) is 11.1 Å². The van der Waals surface area contributed by atoms with Crippen molar-refractivity contribution in [3.05, 3.63) is 124 Å². The zero-order chi connectivity index (χ0) is 31.1. The number of rotatable bonds is 7. The second-order valence-corrected chi connectivity index (χ2v) is 10.8. The highest BCUT2D eigenvalue weighted by molar-refractivity contribution is 6.05. The van der Waals surface area contributed by atoms with Gasteiger partial charge in [0.25, 0.3) is 5.91 Å². The molecule has 1 aromatic heterocycles. The number of benzene rings is 3. The third kappa shape index (κ3) is 4.95. The summed E-state index contributed by atoms with van der Waals surface area (Å²) in [6.45, 7) is 4.80. The molecule has 4 aromatic rings. The Labute approximate surface area is 247 Å². The smallest absolute Gasteiger partial charge is 0.330 e. The molecule has 1 N–H and O–H groups in total. The molecule has 0 spiro atoms. The van der Waals surface area contributed by atoms with Gasteiger partial charge in [0.1, 0.15) is 28.6 Å². The molecule has 218 valence electrons. The summed E-state index contributed by atoms with van der Waals surface area (Å²) in [5.41, 5.74) is -0.280. The van der Waals surface area contributed by atoms with Crippen LogP contribution in [0, 0.1) is 36.9 Å². The summed E-state index contributed by atoms with van der Waals surface area (Å²) in [5, 5.41) is 20.4. The lowest BCUT2D eigenvalue weighted by molar-refractivity contribution is -0.148. The zero-order valence-corrected chi connectivity index (χ0v) is 24.0. The van der Waals surface area contributed by atoms with Crippen molar-refractivity contribution in [2.45, 2.75) is 38.3 Å². The van der Waals surface area contributed by atoms with Gasteiger partial charge in [0.15, 0.2) is 5.78 Å². The van der Waals surface area contributed by atoms with Crippen molar-refractivity contribution in [1.29, 1.82) is 5.26 Å². The van der Waals surface area contributed by atoms with Crippen molar-refractivity contribution in [3.63, 3.8) is 0 Å². The molecule has 1 amide bonds. The Balaban J connectivity index is 1.83. The van der Waals surface area contributed by atoms with Gasteiger partial charge in [-0.25, -0.2) is 9.18 Å². The van der Waals surface area contributed by atoms with Crippen molar-refractivity contribution in [2.75, 3.05) is 7.11 Å². The van der Waals surface area contributed by atoms with Crippen LogP contribution in [0.1, 0.15) is 67.8 Å². The number of likely N-dealkylation sites (tertiary alicyclic amines) is 1. The van der Waals surface area contributed by atoms with E-state index in [4.69, 9.17) is 9.15 Å². The molecule has 5 rings (SSSR count). The van der Waals surface area contributed by atoms with E-state index in [9.17, 15) is 29.1 Å². The average Bonchev–Trinajstić information content (AvgIpc) is 3.50. The zero-order valence-electron chi connectivity index (χ0n) is 24.0. The van der Waals surface area contributed by atoms with Gasteiger partial charge in [-0.3, -0.25) is 9.59 Å². The van der Waals surface area contributed by atoms with Gasteiger partial charge in [0.05, 0.1) is 36.3 Å². The number of aliphatic carboxylic acids is 1. The Morgan fingerprint density at radius 3 is 2.09 bits per heavy atom. The van der Waals surface area contributed by atoms with Crippen molar-refractivity contribution in [3.8, 4) is 11.8 Å². The van der Waals surface area contributed by atoms with Crippen LogP contribution in [0.4, 0.5) is 4.39 Å². The molecule has 4 unspecified atom stereocenters. The monoisotopic (exact) mass is 580 g/mol. The fraction of sp³-hybridized carbons (Fsp3) is 0.235. The molecule has 9 heteroatoms. The fourth-order valence-electron chi connectivity index (χ4n) is 6.24. The quantitative estimate of drug-likeness (QED) is 0.257. The van der Waals surface area contributed by atoms with Gasteiger partial charge in [-0.05, 0) is 86.5 Å². The predicted octanol–water partition coefficient (Wildman–Crippen LogP) is 6.24. The Morgan fingerprint density at radius 2 is 1.58 bits per heavy atom. The first kappa shape index (κ1) is 29.3. The van der Waals surface area contributed by atoms with E-state index in [2.05, 4.69) is 6.07 Å². The number of nitriles is 1. The molecular formula is C34H29FN2O6. The van der Waals surface area contributed by atoms with Crippen LogP contribution in [0.25, 0.3) is 0 Å². The molecule has 43 heavy (non-hydrogen) atoms. The highest BCUT2D eigenvalue weighted by Crippen LogP contribution is 2.57. The molecule has 0 saturated carbocycles. The molecule has 0 radical (unpaired) electrons. The van der Waals surface area contributed by atoms with Crippen molar-refractivity contribution >= 4 is 17.7 Å². The number of ether oxygens (including phenoxy) is 1. The number of carbonyl (C=O) groups excluding carboxylic acids is 2. The van der Waals surface area contributed by atoms with Gasteiger partial charge >= 0.3 is 5.97 Å². The van der Waals surface area contributed by atoms with Crippen molar-refractivity contribution in [1.82, 2.24) is 4.90 Å². The van der Waals surface area contributed by atoms with E-state index < -0.39 is 46.9 Å². The van der Waals surface area contributed by atoms with Gasteiger partial charge in [0, 0.05) is 11.5 Å². The number of carboxylic acid groups (broad SMARTS) is 1. The van der Waals surface area contributed by atoms with E-state index in [1.165, 1.54) is 31.1 Å². The summed E-state index contributed by atoms with van der Waals surface area (Å²) < 4.78 is 24.9. The van der Waals surface area contributed by atoms with Gasteiger partial charge < -0.3 is 19.2 Å². The predicted molar refractivity (Wildman–Crippen MR) is 154 cm³/mol. The van der Waals surface area contributed by atoms with Crippen LogP contribution < -0.4 is 4.74 Å². The lowest BCUT2D eigenvalue weighted by Gasteiger charge is -2.38. The number of carboxylic acids is 1. The number of carbonyl (C=O) groups is 3. The number of nitrogens with zero attached hydrogens (tertiary/aromatic N) is 2. The number of furan rings is 1. The Kier molecular flexibility index (Phi) is 7.63. The van der Waals surface area contributed by atoms with Crippen LogP contribution in [0.15, 0.2) is 83.3 Å². The minimum atomic E-state index is -1.95. The van der Waals surface area contributed by atoms with Crippen LogP contribution >= 0.6 is 0 Å². The number of amides is 1.